The molecule has 0 saturated carbocycles. The zero-order valence-electron chi connectivity index (χ0n) is 10.6. The van der Waals surface area contributed by atoms with Gasteiger partial charge in [-0.05, 0) is 43.5 Å². The zero-order valence-corrected chi connectivity index (χ0v) is 10.6. The topological polar surface area (TPSA) is 14.2 Å². The monoisotopic (exact) mass is 229 g/mol. The highest BCUT2D eigenvalue weighted by Crippen LogP contribution is 2.24. The Kier molecular flexibility index (Phi) is 3.52. The third kappa shape index (κ3) is 2.36. The van der Waals surface area contributed by atoms with Gasteiger partial charge in [0.1, 0.15) is 5.75 Å². The second kappa shape index (κ2) is 5.09. The number of hydrogen-bond donors (Lipinski definition) is 0. The van der Waals surface area contributed by atoms with Crippen LogP contribution in [0, 0.1) is 0 Å². The van der Waals surface area contributed by atoms with E-state index in [2.05, 4.69) is 36.4 Å². The maximum absolute atomic E-state index is 5.25. The van der Waals surface area contributed by atoms with Gasteiger partial charge in [0.15, 0.2) is 0 Å². The Balaban J connectivity index is 2.31. The summed E-state index contributed by atoms with van der Waals surface area (Å²) < 4.78 is 7.51. The van der Waals surface area contributed by atoms with E-state index in [4.69, 9.17) is 4.74 Å². The van der Waals surface area contributed by atoms with Gasteiger partial charge in [0.2, 0.25) is 0 Å². The molecule has 17 heavy (non-hydrogen) atoms. The quantitative estimate of drug-likeness (QED) is 0.563. The van der Waals surface area contributed by atoms with Gasteiger partial charge in [-0.15, -0.1) is 6.58 Å². The lowest BCUT2D eigenvalue weighted by atomic mass is 10.2. The molecule has 0 bridgehead atoms. The summed E-state index contributed by atoms with van der Waals surface area (Å²) in [5, 5.41) is 1.25. The first kappa shape index (κ1) is 11.8. The SMILES string of the molecule is C=CCCCc1cc2cc(OC)ccc2n1C. The van der Waals surface area contributed by atoms with Crippen LogP contribution in [-0.2, 0) is 13.5 Å². The predicted molar refractivity (Wildman–Crippen MR) is 72.6 cm³/mol. The molecule has 90 valence electrons. The van der Waals surface area contributed by atoms with Gasteiger partial charge < -0.3 is 9.30 Å². The molecule has 0 N–H and O–H groups in total. The van der Waals surface area contributed by atoms with Crippen LogP contribution in [0.3, 0.4) is 0 Å². The second-order valence-corrected chi connectivity index (χ2v) is 4.30. The Morgan fingerprint density at radius 1 is 1.35 bits per heavy atom. The molecule has 0 unspecified atom stereocenters. The van der Waals surface area contributed by atoms with Crippen molar-refractivity contribution in [3.63, 3.8) is 0 Å². The minimum atomic E-state index is 0.917. The number of aryl methyl sites for hydroxylation is 2. The van der Waals surface area contributed by atoms with Gasteiger partial charge in [-0.3, -0.25) is 0 Å². The van der Waals surface area contributed by atoms with Crippen LogP contribution >= 0.6 is 0 Å². The number of benzene rings is 1. The van der Waals surface area contributed by atoms with Crippen molar-refractivity contribution >= 4 is 10.9 Å². The van der Waals surface area contributed by atoms with Crippen molar-refractivity contribution in [2.75, 3.05) is 7.11 Å². The molecule has 1 heterocycles. The Labute approximate surface area is 103 Å². The number of nitrogens with zero attached hydrogens (tertiary/aromatic N) is 1. The highest BCUT2D eigenvalue weighted by Gasteiger charge is 2.06. The van der Waals surface area contributed by atoms with Crippen LogP contribution in [0.1, 0.15) is 18.5 Å². The van der Waals surface area contributed by atoms with Gasteiger partial charge in [-0.25, -0.2) is 0 Å². The summed E-state index contributed by atoms with van der Waals surface area (Å²) in [5.41, 5.74) is 2.63. The first-order valence-corrected chi connectivity index (χ1v) is 5.99. The van der Waals surface area contributed by atoms with Crippen LogP contribution in [0.5, 0.6) is 5.75 Å². The molecule has 0 aliphatic carbocycles. The molecule has 0 aliphatic heterocycles. The van der Waals surface area contributed by atoms with Gasteiger partial charge in [-0.2, -0.15) is 0 Å². The fraction of sp³-hybridized carbons (Fsp3) is 0.333. The van der Waals surface area contributed by atoms with Crippen molar-refractivity contribution in [3.05, 3.63) is 42.6 Å². The van der Waals surface area contributed by atoms with Gasteiger partial charge in [-0.1, -0.05) is 6.08 Å². The Morgan fingerprint density at radius 3 is 2.88 bits per heavy atom. The smallest absolute Gasteiger partial charge is 0.119 e. The fourth-order valence-electron chi connectivity index (χ4n) is 2.18. The minimum Gasteiger partial charge on any atom is -0.497 e. The molecule has 1 aromatic carbocycles. The average molecular weight is 229 g/mol. The van der Waals surface area contributed by atoms with Crippen LogP contribution in [-0.4, -0.2) is 11.7 Å². The number of methoxy groups -OCH3 is 1. The normalized spacial score (nSPS) is 10.7. The summed E-state index contributed by atoms with van der Waals surface area (Å²) in [7, 11) is 3.83. The van der Waals surface area contributed by atoms with Crippen molar-refractivity contribution in [1.29, 1.82) is 0 Å². The summed E-state index contributed by atoms with van der Waals surface area (Å²) >= 11 is 0. The van der Waals surface area contributed by atoms with E-state index in [1.54, 1.807) is 7.11 Å². The number of allylic oxidation sites excluding steroid dienone is 1. The first-order chi connectivity index (χ1) is 8.26. The predicted octanol–water partition coefficient (Wildman–Crippen LogP) is 3.70. The average Bonchev–Trinajstić information content (AvgIpc) is 2.66. The highest BCUT2D eigenvalue weighted by molar-refractivity contribution is 5.82. The number of aromatic nitrogens is 1. The minimum absolute atomic E-state index is 0.917. The molecule has 0 radical (unpaired) electrons. The Hall–Kier alpha value is -1.70. The summed E-state index contributed by atoms with van der Waals surface area (Å²) in [6.45, 7) is 3.76. The van der Waals surface area contributed by atoms with Crippen molar-refractivity contribution in [3.8, 4) is 5.75 Å². The third-order valence-electron chi connectivity index (χ3n) is 3.19. The molecule has 0 spiro atoms. The maximum Gasteiger partial charge on any atom is 0.119 e. The van der Waals surface area contributed by atoms with Gasteiger partial charge >= 0.3 is 0 Å². The van der Waals surface area contributed by atoms with Crippen molar-refractivity contribution in [2.24, 2.45) is 7.05 Å². The van der Waals surface area contributed by atoms with Crippen molar-refractivity contribution in [1.82, 2.24) is 4.57 Å². The molecule has 0 amide bonds. The lowest BCUT2D eigenvalue weighted by Crippen LogP contribution is -1.95. The lowest BCUT2D eigenvalue weighted by Gasteiger charge is -2.03. The van der Waals surface area contributed by atoms with Crippen LogP contribution in [0.15, 0.2) is 36.9 Å². The zero-order chi connectivity index (χ0) is 12.3. The Bertz CT molecular complexity index is 525. The van der Waals surface area contributed by atoms with Crippen molar-refractivity contribution < 1.29 is 4.74 Å². The molecule has 0 fully saturated rings. The van der Waals surface area contributed by atoms with Gasteiger partial charge in [0.25, 0.3) is 0 Å². The third-order valence-corrected chi connectivity index (χ3v) is 3.19. The summed E-state index contributed by atoms with van der Waals surface area (Å²) in [4.78, 5) is 0. The van der Waals surface area contributed by atoms with E-state index < -0.39 is 0 Å². The lowest BCUT2D eigenvalue weighted by molar-refractivity contribution is 0.415. The van der Waals surface area contributed by atoms with E-state index in [1.807, 2.05) is 12.1 Å². The van der Waals surface area contributed by atoms with Crippen LogP contribution in [0.4, 0.5) is 0 Å². The standard InChI is InChI=1S/C15H19NO/c1-4-5-6-7-13-10-12-11-14(17-3)8-9-15(12)16(13)2/h4,8-11H,1,5-7H2,2-3H3. The summed E-state index contributed by atoms with van der Waals surface area (Å²) in [6.07, 6.45) is 5.31. The molecule has 2 rings (SSSR count). The fourth-order valence-corrected chi connectivity index (χ4v) is 2.18. The summed E-state index contributed by atoms with van der Waals surface area (Å²) in [6, 6.07) is 8.47. The van der Waals surface area contributed by atoms with E-state index in [0.717, 1.165) is 25.0 Å². The van der Waals surface area contributed by atoms with Crippen molar-refractivity contribution in [2.45, 2.75) is 19.3 Å². The van der Waals surface area contributed by atoms with E-state index in [1.165, 1.54) is 16.6 Å². The van der Waals surface area contributed by atoms with E-state index >= 15 is 0 Å². The molecule has 0 saturated heterocycles. The molecule has 2 aromatic rings. The van der Waals surface area contributed by atoms with Crippen LogP contribution < -0.4 is 4.74 Å². The van der Waals surface area contributed by atoms with Gasteiger partial charge in [0.05, 0.1) is 7.11 Å². The van der Waals surface area contributed by atoms with E-state index in [-0.39, 0.29) is 0 Å². The number of unbranched alkanes of at least 4 members (excludes halogenated alkanes) is 1. The largest absolute Gasteiger partial charge is 0.497 e. The molecule has 0 aliphatic rings. The van der Waals surface area contributed by atoms with Crippen LogP contribution in [0.25, 0.3) is 10.9 Å². The number of hydrogen-bond acceptors (Lipinski definition) is 1. The molecule has 2 nitrogen and oxygen atoms in total. The number of fused-ring (bicyclic) bond motifs is 1. The molecule has 1 aromatic heterocycles. The van der Waals surface area contributed by atoms with E-state index in [0.29, 0.717) is 0 Å². The number of rotatable bonds is 5. The molecule has 2 heteroatoms. The maximum atomic E-state index is 5.25. The Morgan fingerprint density at radius 2 is 2.18 bits per heavy atom. The molecular formula is C15H19NO. The van der Waals surface area contributed by atoms with E-state index in [9.17, 15) is 0 Å². The van der Waals surface area contributed by atoms with Gasteiger partial charge in [0, 0.05) is 23.6 Å². The summed E-state index contributed by atoms with van der Waals surface area (Å²) in [5.74, 6) is 0.917. The second-order valence-electron chi connectivity index (χ2n) is 4.30. The molecule has 0 atom stereocenters. The highest BCUT2D eigenvalue weighted by atomic mass is 16.5. The van der Waals surface area contributed by atoms with Crippen LogP contribution in [0.2, 0.25) is 0 Å². The molecular weight excluding hydrogens is 210 g/mol. The number of ether oxygens (including phenoxy) is 1. The first-order valence-electron chi connectivity index (χ1n) is 5.99.